The van der Waals surface area contributed by atoms with E-state index in [4.69, 9.17) is 5.73 Å². The SMILES string of the molecule is CCC(C)C(C)NC(=O)c1cc(F)c(N)c(F)c1. The van der Waals surface area contributed by atoms with Crippen LogP contribution in [0, 0.1) is 17.6 Å². The summed E-state index contributed by atoms with van der Waals surface area (Å²) in [6, 6.07) is 1.82. The summed E-state index contributed by atoms with van der Waals surface area (Å²) >= 11 is 0. The molecule has 0 aliphatic carbocycles. The highest BCUT2D eigenvalue weighted by molar-refractivity contribution is 5.94. The second-order valence-corrected chi connectivity index (χ2v) is 4.50. The van der Waals surface area contributed by atoms with Crippen molar-refractivity contribution in [3.8, 4) is 0 Å². The number of nitrogen functional groups attached to an aromatic ring is 1. The number of carbonyl (C=O) groups excluding carboxylic acids is 1. The Morgan fingerprint density at radius 2 is 1.83 bits per heavy atom. The van der Waals surface area contributed by atoms with E-state index in [1.807, 2.05) is 20.8 Å². The van der Waals surface area contributed by atoms with Crippen molar-refractivity contribution in [1.29, 1.82) is 0 Å². The molecule has 5 heteroatoms. The van der Waals surface area contributed by atoms with Gasteiger partial charge in [-0.3, -0.25) is 4.79 Å². The molecular weight excluding hydrogens is 238 g/mol. The molecule has 3 N–H and O–H groups in total. The standard InChI is InChI=1S/C13H18F2N2O/c1-4-7(2)8(3)17-13(18)9-5-10(14)12(16)11(15)6-9/h5-8H,4,16H2,1-3H3,(H,17,18). The predicted octanol–water partition coefficient (Wildman–Crippen LogP) is 2.71. The number of amides is 1. The second kappa shape index (κ2) is 5.80. The van der Waals surface area contributed by atoms with Crippen LogP contribution in [-0.4, -0.2) is 11.9 Å². The molecule has 18 heavy (non-hydrogen) atoms. The van der Waals surface area contributed by atoms with Gasteiger partial charge in [-0.25, -0.2) is 8.78 Å². The zero-order valence-electron chi connectivity index (χ0n) is 10.8. The van der Waals surface area contributed by atoms with Gasteiger partial charge in [0.25, 0.3) is 5.91 Å². The largest absolute Gasteiger partial charge is 0.394 e. The molecule has 2 unspecified atom stereocenters. The highest BCUT2D eigenvalue weighted by Gasteiger charge is 2.17. The van der Waals surface area contributed by atoms with Gasteiger partial charge in [-0.1, -0.05) is 20.3 Å². The normalized spacial score (nSPS) is 14.1. The molecule has 0 aliphatic rings. The fourth-order valence-electron chi connectivity index (χ4n) is 1.50. The number of nitrogens with one attached hydrogen (secondary N) is 1. The van der Waals surface area contributed by atoms with Gasteiger partial charge in [0.2, 0.25) is 0 Å². The molecule has 0 radical (unpaired) electrons. The van der Waals surface area contributed by atoms with Crippen molar-refractivity contribution in [2.24, 2.45) is 5.92 Å². The van der Waals surface area contributed by atoms with E-state index in [2.05, 4.69) is 5.32 Å². The van der Waals surface area contributed by atoms with E-state index in [9.17, 15) is 13.6 Å². The molecule has 3 nitrogen and oxygen atoms in total. The van der Waals surface area contributed by atoms with E-state index in [0.717, 1.165) is 18.6 Å². The third kappa shape index (κ3) is 3.18. The number of hydrogen-bond donors (Lipinski definition) is 2. The molecule has 0 saturated carbocycles. The summed E-state index contributed by atoms with van der Waals surface area (Å²) in [5.74, 6) is -2.05. The topological polar surface area (TPSA) is 55.1 Å². The first kappa shape index (κ1) is 14.4. The first-order valence-corrected chi connectivity index (χ1v) is 5.92. The van der Waals surface area contributed by atoms with E-state index in [1.165, 1.54) is 0 Å². The van der Waals surface area contributed by atoms with Crippen LogP contribution in [0.2, 0.25) is 0 Å². The highest BCUT2D eigenvalue weighted by atomic mass is 19.1. The van der Waals surface area contributed by atoms with Crippen LogP contribution in [-0.2, 0) is 0 Å². The molecule has 1 aromatic carbocycles. The van der Waals surface area contributed by atoms with Crippen LogP contribution in [0.15, 0.2) is 12.1 Å². The Kier molecular flexibility index (Phi) is 4.64. The van der Waals surface area contributed by atoms with E-state index in [1.54, 1.807) is 0 Å². The van der Waals surface area contributed by atoms with Crippen molar-refractivity contribution >= 4 is 11.6 Å². The molecule has 0 spiro atoms. The van der Waals surface area contributed by atoms with Crippen molar-refractivity contribution in [2.45, 2.75) is 33.2 Å². The minimum absolute atomic E-state index is 0.0608. The molecule has 0 saturated heterocycles. The van der Waals surface area contributed by atoms with Gasteiger partial charge >= 0.3 is 0 Å². The summed E-state index contributed by atoms with van der Waals surface area (Å²) in [6.07, 6.45) is 0.909. The Labute approximate surface area is 105 Å². The smallest absolute Gasteiger partial charge is 0.251 e. The summed E-state index contributed by atoms with van der Waals surface area (Å²) in [5.41, 5.74) is 4.51. The van der Waals surface area contributed by atoms with E-state index in [0.29, 0.717) is 0 Å². The number of halogens is 2. The lowest BCUT2D eigenvalue weighted by Gasteiger charge is -2.20. The summed E-state index contributed by atoms with van der Waals surface area (Å²) < 4.78 is 26.4. The van der Waals surface area contributed by atoms with Crippen LogP contribution in [0.5, 0.6) is 0 Å². The van der Waals surface area contributed by atoms with E-state index >= 15 is 0 Å². The van der Waals surface area contributed by atoms with Gasteiger partial charge in [0.15, 0.2) is 0 Å². The molecule has 0 fully saturated rings. The van der Waals surface area contributed by atoms with Gasteiger partial charge in [-0.05, 0) is 25.0 Å². The molecule has 0 bridgehead atoms. The third-order valence-electron chi connectivity index (χ3n) is 3.20. The van der Waals surface area contributed by atoms with E-state index in [-0.39, 0.29) is 17.5 Å². The van der Waals surface area contributed by atoms with Crippen molar-refractivity contribution in [2.75, 3.05) is 5.73 Å². The van der Waals surface area contributed by atoms with Gasteiger partial charge < -0.3 is 11.1 Å². The summed E-state index contributed by atoms with van der Waals surface area (Å²) in [4.78, 5) is 11.8. The van der Waals surface area contributed by atoms with Crippen LogP contribution in [0.1, 0.15) is 37.6 Å². The number of hydrogen-bond acceptors (Lipinski definition) is 2. The monoisotopic (exact) mass is 256 g/mol. The van der Waals surface area contributed by atoms with Crippen LogP contribution in [0.3, 0.4) is 0 Å². The van der Waals surface area contributed by atoms with Crippen molar-refractivity contribution in [1.82, 2.24) is 5.32 Å². The highest BCUT2D eigenvalue weighted by Crippen LogP contribution is 2.17. The lowest BCUT2D eigenvalue weighted by Crippen LogP contribution is -2.37. The Balaban J connectivity index is 2.85. The zero-order chi connectivity index (χ0) is 13.9. The molecule has 1 rings (SSSR count). The van der Waals surface area contributed by atoms with Crippen molar-refractivity contribution in [3.05, 3.63) is 29.3 Å². The molecule has 2 atom stereocenters. The van der Waals surface area contributed by atoms with Crippen LogP contribution >= 0.6 is 0 Å². The summed E-state index contributed by atoms with van der Waals surface area (Å²) in [7, 11) is 0. The van der Waals surface area contributed by atoms with Gasteiger partial charge in [0.1, 0.15) is 17.3 Å². The third-order valence-corrected chi connectivity index (χ3v) is 3.20. The quantitative estimate of drug-likeness (QED) is 0.814. The number of nitrogens with two attached hydrogens (primary N) is 1. The summed E-state index contributed by atoms with van der Waals surface area (Å²) in [5, 5.41) is 2.71. The first-order chi connectivity index (χ1) is 8.36. The Morgan fingerprint density at radius 1 is 1.33 bits per heavy atom. The van der Waals surface area contributed by atoms with Crippen LogP contribution < -0.4 is 11.1 Å². The first-order valence-electron chi connectivity index (χ1n) is 5.92. The second-order valence-electron chi connectivity index (χ2n) is 4.50. The number of carbonyl (C=O) groups is 1. The molecule has 100 valence electrons. The summed E-state index contributed by atoms with van der Waals surface area (Å²) in [6.45, 7) is 5.86. The number of rotatable bonds is 4. The van der Waals surface area contributed by atoms with Crippen molar-refractivity contribution < 1.29 is 13.6 Å². The predicted molar refractivity (Wildman–Crippen MR) is 67.2 cm³/mol. The van der Waals surface area contributed by atoms with Crippen molar-refractivity contribution in [3.63, 3.8) is 0 Å². The maximum atomic E-state index is 13.2. The van der Waals surface area contributed by atoms with Crippen LogP contribution in [0.4, 0.5) is 14.5 Å². The van der Waals surface area contributed by atoms with Gasteiger partial charge in [0, 0.05) is 11.6 Å². The lowest BCUT2D eigenvalue weighted by atomic mass is 10.0. The van der Waals surface area contributed by atoms with Gasteiger partial charge in [0.05, 0.1) is 0 Å². The molecule has 0 heterocycles. The maximum Gasteiger partial charge on any atom is 0.251 e. The number of anilines is 1. The van der Waals surface area contributed by atoms with Crippen LogP contribution in [0.25, 0.3) is 0 Å². The minimum Gasteiger partial charge on any atom is -0.394 e. The Hall–Kier alpha value is -1.65. The molecule has 0 aromatic heterocycles. The lowest BCUT2D eigenvalue weighted by molar-refractivity contribution is 0.0927. The molecule has 1 aromatic rings. The van der Waals surface area contributed by atoms with E-state index < -0.39 is 23.2 Å². The fraction of sp³-hybridized carbons (Fsp3) is 0.462. The average Bonchev–Trinajstić information content (AvgIpc) is 2.33. The Bertz CT molecular complexity index is 426. The zero-order valence-corrected chi connectivity index (χ0v) is 10.8. The molecule has 0 aliphatic heterocycles. The minimum atomic E-state index is -0.920. The van der Waals surface area contributed by atoms with Gasteiger partial charge in [-0.15, -0.1) is 0 Å². The molecular formula is C13H18F2N2O. The van der Waals surface area contributed by atoms with Gasteiger partial charge in [-0.2, -0.15) is 0 Å². The average molecular weight is 256 g/mol. The number of benzene rings is 1. The molecule has 1 amide bonds. The Morgan fingerprint density at radius 3 is 2.28 bits per heavy atom. The maximum absolute atomic E-state index is 13.2. The fourth-order valence-corrected chi connectivity index (χ4v) is 1.50.